The molecule has 6 heteroatoms. The van der Waals surface area contributed by atoms with Gasteiger partial charge in [0.15, 0.2) is 17.0 Å². The zero-order chi connectivity index (χ0) is 29.0. The van der Waals surface area contributed by atoms with Gasteiger partial charge in [0.05, 0.1) is 6.61 Å². The molecule has 0 bridgehead atoms. The van der Waals surface area contributed by atoms with Crippen molar-refractivity contribution in [3.8, 4) is 0 Å². The lowest BCUT2D eigenvalue weighted by Gasteiger charge is -2.39. The fourth-order valence-electron chi connectivity index (χ4n) is 9.33. The molecule has 224 valence electrons. The van der Waals surface area contributed by atoms with Crippen molar-refractivity contribution >= 4 is 11.8 Å². The first-order valence-corrected chi connectivity index (χ1v) is 16.2. The monoisotopic (exact) mass is 556 g/mol. The van der Waals surface area contributed by atoms with Crippen LogP contribution in [0.25, 0.3) is 0 Å². The van der Waals surface area contributed by atoms with Gasteiger partial charge >= 0.3 is 5.97 Å². The maximum atomic E-state index is 13.2. The molecule has 0 aromatic rings. The van der Waals surface area contributed by atoms with Crippen LogP contribution in [-0.4, -0.2) is 51.0 Å². The van der Waals surface area contributed by atoms with Gasteiger partial charge in [0.25, 0.3) is 0 Å². The molecule has 5 aliphatic rings. The average molecular weight is 557 g/mol. The minimum Gasteiger partial charge on any atom is -0.458 e. The van der Waals surface area contributed by atoms with Crippen molar-refractivity contribution in [1.82, 2.24) is 0 Å². The molecule has 1 heterocycles. The number of fused-ring (bicyclic) bond motifs is 2. The van der Waals surface area contributed by atoms with Gasteiger partial charge < -0.3 is 19.7 Å². The molecule has 2 saturated carbocycles. The van der Waals surface area contributed by atoms with Crippen molar-refractivity contribution in [2.45, 2.75) is 147 Å². The maximum Gasteiger partial charge on any atom is 0.306 e. The highest BCUT2D eigenvalue weighted by molar-refractivity contribution is 6.07. The van der Waals surface area contributed by atoms with Gasteiger partial charge in [-0.1, -0.05) is 98.0 Å². The van der Waals surface area contributed by atoms with Crippen LogP contribution in [0.4, 0.5) is 0 Å². The first-order chi connectivity index (χ1) is 19.0. The predicted octanol–water partition coefficient (Wildman–Crippen LogP) is 6.37. The van der Waals surface area contributed by atoms with E-state index in [1.165, 1.54) is 57.8 Å². The van der Waals surface area contributed by atoms with Gasteiger partial charge in [0, 0.05) is 30.1 Å². The number of epoxide rings is 1. The van der Waals surface area contributed by atoms with E-state index in [0.717, 1.165) is 12.8 Å². The summed E-state index contributed by atoms with van der Waals surface area (Å²) in [7, 11) is 0. The molecular formula is C34H52O6. The summed E-state index contributed by atoms with van der Waals surface area (Å²) in [6, 6.07) is 0. The standard InChI is InChI=1S/C34H52O6/c1-6-7-8-9-10-11-12-13-14-15-16-17-27(36)39-32-20-24(3)34-26(28(32)30(32,4)5)18-25(22-35)21-31(38)29(37)23(2)19-33(31,34)40-34/h18-19,24,26,28,35,38H,6-17,20-22H2,1-5H3/t24-,26+,28-,31+,32+,33+,34-/m1/s1. The highest BCUT2D eigenvalue weighted by atomic mass is 16.7. The van der Waals surface area contributed by atoms with Crippen molar-refractivity contribution in [2.75, 3.05) is 6.61 Å². The van der Waals surface area contributed by atoms with E-state index >= 15 is 0 Å². The van der Waals surface area contributed by atoms with Crippen LogP contribution in [-0.2, 0) is 19.1 Å². The van der Waals surface area contributed by atoms with Crippen LogP contribution in [0.15, 0.2) is 23.3 Å². The number of carbonyl (C=O) groups excluding carboxylic acids is 2. The number of carbonyl (C=O) groups is 2. The van der Waals surface area contributed by atoms with Crippen LogP contribution in [0, 0.1) is 23.2 Å². The molecule has 0 amide bonds. The third-order valence-corrected chi connectivity index (χ3v) is 11.5. The Hall–Kier alpha value is -1.50. The number of ketones is 1. The first kappa shape index (κ1) is 30.0. The summed E-state index contributed by atoms with van der Waals surface area (Å²) >= 11 is 0. The maximum absolute atomic E-state index is 13.2. The SMILES string of the molecule is CCCCCCCCCCCCCC(=O)O[C@@]12C[C@@H](C)[C@]34O[C@]35C=C(C)C(=O)[C@@]5(O)CC(CO)=C[C@H]4[C@@H]1C2(C)C. The molecule has 4 aliphatic carbocycles. The van der Waals surface area contributed by atoms with E-state index < -0.39 is 22.4 Å². The fourth-order valence-corrected chi connectivity index (χ4v) is 9.33. The highest BCUT2D eigenvalue weighted by Gasteiger charge is 2.93. The second-order valence-electron chi connectivity index (χ2n) is 14.3. The molecule has 2 spiro atoms. The number of aliphatic hydroxyl groups excluding tert-OH is 1. The molecular weight excluding hydrogens is 504 g/mol. The number of aliphatic hydroxyl groups is 2. The number of esters is 1. The third-order valence-electron chi connectivity index (χ3n) is 11.5. The Morgan fingerprint density at radius 3 is 2.25 bits per heavy atom. The molecule has 0 unspecified atom stereocenters. The van der Waals surface area contributed by atoms with E-state index in [4.69, 9.17) is 9.47 Å². The largest absolute Gasteiger partial charge is 0.458 e. The number of hydrogen-bond donors (Lipinski definition) is 2. The summed E-state index contributed by atoms with van der Waals surface area (Å²) in [6.07, 6.45) is 18.7. The number of hydrogen-bond acceptors (Lipinski definition) is 6. The van der Waals surface area contributed by atoms with Crippen LogP contribution < -0.4 is 0 Å². The van der Waals surface area contributed by atoms with Crippen molar-refractivity contribution < 1.29 is 29.3 Å². The average Bonchev–Trinajstić information content (AvgIpc) is 3.70. The van der Waals surface area contributed by atoms with Crippen molar-refractivity contribution in [3.05, 3.63) is 23.3 Å². The summed E-state index contributed by atoms with van der Waals surface area (Å²) in [4.78, 5) is 26.3. The van der Waals surface area contributed by atoms with E-state index in [1.807, 2.05) is 12.2 Å². The molecule has 6 nitrogen and oxygen atoms in total. The number of unbranched alkanes of at least 4 members (excludes halogenated alkanes) is 10. The summed E-state index contributed by atoms with van der Waals surface area (Å²) in [5, 5.41) is 22.0. The van der Waals surface area contributed by atoms with Crippen molar-refractivity contribution in [2.24, 2.45) is 23.2 Å². The summed E-state index contributed by atoms with van der Waals surface area (Å²) < 4.78 is 13.0. The number of ether oxygens (including phenoxy) is 2. The Balaban J connectivity index is 1.20. The molecule has 1 aliphatic heterocycles. The Morgan fingerprint density at radius 1 is 1.05 bits per heavy atom. The van der Waals surface area contributed by atoms with Crippen LogP contribution in [0.1, 0.15) is 125 Å². The molecule has 0 aromatic heterocycles. The van der Waals surface area contributed by atoms with E-state index in [9.17, 15) is 19.8 Å². The van der Waals surface area contributed by atoms with Gasteiger partial charge in [0.2, 0.25) is 0 Å². The van der Waals surface area contributed by atoms with Gasteiger partial charge in [-0.3, -0.25) is 9.59 Å². The summed E-state index contributed by atoms with van der Waals surface area (Å²) in [5.41, 5.74) is -3.19. The van der Waals surface area contributed by atoms with Crippen LogP contribution >= 0.6 is 0 Å². The zero-order valence-corrected chi connectivity index (χ0v) is 25.5. The van der Waals surface area contributed by atoms with Crippen LogP contribution in [0.2, 0.25) is 0 Å². The van der Waals surface area contributed by atoms with Crippen LogP contribution in [0.3, 0.4) is 0 Å². The van der Waals surface area contributed by atoms with E-state index in [2.05, 4.69) is 27.7 Å². The van der Waals surface area contributed by atoms with Crippen molar-refractivity contribution in [3.63, 3.8) is 0 Å². The topological polar surface area (TPSA) is 96.4 Å². The Morgan fingerprint density at radius 2 is 1.65 bits per heavy atom. The van der Waals surface area contributed by atoms with E-state index in [0.29, 0.717) is 24.0 Å². The minimum atomic E-state index is -1.70. The molecule has 40 heavy (non-hydrogen) atoms. The summed E-state index contributed by atoms with van der Waals surface area (Å²) in [5.74, 6) is -0.621. The molecule has 1 saturated heterocycles. The molecule has 5 rings (SSSR count). The van der Waals surface area contributed by atoms with Gasteiger partial charge in [0.1, 0.15) is 11.2 Å². The second kappa shape index (κ2) is 10.6. The second-order valence-corrected chi connectivity index (χ2v) is 14.3. The Bertz CT molecular complexity index is 1070. The van der Waals surface area contributed by atoms with Gasteiger partial charge in [-0.15, -0.1) is 0 Å². The van der Waals surface area contributed by atoms with Gasteiger partial charge in [-0.25, -0.2) is 0 Å². The Labute approximate surface area is 241 Å². The van der Waals surface area contributed by atoms with Gasteiger partial charge in [-0.2, -0.15) is 0 Å². The van der Waals surface area contributed by atoms with E-state index in [-0.39, 0.29) is 47.9 Å². The third kappa shape index (κ3) is 4.21. The lowest BCUT2D eigenvalue weighted by atomic mass is 9.63. The predicted molar refractivity (Wildman–Crippen MR) is 154 cm³/mol. The highest BCUT2D eigenvalue weighted by Crippen LogP contribution is 2.82. The number of Topliss-reactive ketones (excluding diaryl/α,β-unsaturated/α-hetero) is 1. The quantitative estimate of drug-likeness (QED) is 0.112. The lowest BCUT2D eigenvalue weighted by Crippen LogP contribution is -2.55. The smallest absolute Gasteiger partial charge is 0.306 e. The summed E-state index contributed by atoms with van der Waals surface area (Å²) in [6.45, 7) is 10.2. The zero-order valence-electron chi connectivity index (χ0n) is 25.5. The first-order valence-electron chi connectivity index (χ1n) is 16.2. The molecule has 7 atom stereocenters. The normalized spacial score (nSPS) is 40.2. The molecule has 0 radical (unpaired) electrons. The minimum absolute atomic E-state index is 0.00478. The fraction of sp³-hybridized carbons (Fsp3) is 0.824. The van der Waals surface area contributed by atoms with E-state index in [1.54, 1.807) is 6.92 Å². The number of rotatable bonds is 14. The molecule has 0 aromatic carbocycles. The molecule has 2 N–H and O–H groups in total. The Kier molecular flexibility index (Phi) is 7.98. The van der Waals surface area contributed by atoms with Crippen LogP contribution in [0.5, 0.6) is 0 Å². The molecule has 3 fully saturated rings. The van der Waals surface area contributed by atoms with Gasteiger partial charge in [-0.05, 0) is 42.9 Å². The lowest BCUT2D eigenvalue weighted by molar-refractivity contribution is -0.158. The van der Waals surface area contributed by atoms with Crippen molar-refractivity contribution in [1.29, 1.82) is 0 Å².